The van der Waals surface area contributed by atoms with E-state index in [1.807, 2.05) is 0 Å². The van der Waals surface area contributed by atoms with Gasteiger partial charge in [0.05, 0.1) is 23.8 Å². The van der Waals surface area contributed by atoms with Gasteiger partial charge in [-0.1, -0.05) is 24.3 Å². The molecule has 0 unspecified atom stereocenters. The molecule has 6 heteroatoms. The maximum absolute atomic E-state index is 12.5. The fourth-order valence-electron chi connectivity index (χ4n) is 3.03. The van der Waals surface area contributed by atoms with Crippen molar-refractivity contribution in [1.29, 1.82) is 0 Å². The van der Waals surface area contributed by atoms with Crippen molar-refractivity contribution in [3.05, 3.63) is 42.0 Å². The minimum Gasteiger partial charge on any atom is -0.481 e. The first-order valence-corrected chi connectivity index (χ1v) is 6.96. The standard InChI is InChI=1S/C16H15NO5/c1-8(18)9-4-2-3-5-10(9)17-15(19)13-11-6-7-12(22-11)14(13)16(20)21/h2-7,11-14H,1H3,(H,17,19)(H,20,21)/t11-,12-,13+,14+/m1/s1. The third-order valence-electron chi connectivity index (χ3n) is 4.05. The van der Waals surface area contributed by atoms with E-state index in [0.717, 1.165) is 0 Å². The Kier molecular flexibility index (Phi) is 3.54. The van der Waals surface area contributed by atoms with E-state index in [9.17, 15) is 19.5 Å². The molecule has 0 aromatic heterocycles. The molecule has 0 spiro atoms. The van der Waals surface area contributed by atoms with Gasteiger partial charge in [-0.05, 0) is 19.1 Å². The summed E-state index contributed by atoms with van der Waals surface area (Å²) < 4.78 is 5.48. The third kappa shape index (κ3) is 2.31. The van der Waals surface area contributed by atoms with Crippen molar-refractivity contribution < 1.29 is 24.2 Å². The highest BCUT2D eigenvalue weighted by atomic mass is 16.5. The molecule has 2 aliphatic heterocycles. The molecule has 1 amide bonds. The van der Waals surface area contributed by atoms with E-state index in [1.165, 1.54) is 6.92 Å². The molecule has 3 rings (SSSR count). The van der Waals surface area contributed by atoms with E-state index >= 15 is 0 Å². The van der Waals surface area contributed by atoms with Crippen molar-refractivity contribution in [2.45, 2.75) is 19.1 Å². The molecule has 0 aliphatic carbocycles. The van der Waals surface area contributed by atoms with Crippen molar-refractivity contribution >= 4 is 23.3 Å². The fourth-order valence-corrected chi connectivity index (χ4v) is 3.03. The zero-order valence-electron chi connectivity index (χ0n) is 11.9. The molecular formula is C16H15NO5. The van der Waals surface area contributed by atoms with Gasteiger partial charge in [-0.15, -0.1) is 0 Å². The topological polar surface area (TPSA) is 92.7 Å². The minimum atomic E-state index is -1.06. The zero-order valence-corrected chi connectivity index (χ0v) is 11.9. The van der Waals surface area contributed by atoms with Crippen LogP contribution in [-0.2, 0) is 14.3 Å². The first kappa shape index (κ1) is 14.5. The molecular weight excluding hydrogens is 286 g/mol. The van der Waals surface area contributed by atoms with Crippen LogP contribution in [0.5, 0.6) is 0 Å². The Balaban J connectivity index is 1.85. The largest absolute Gasteiger partial charge is 0.481 e. The number of benzene rings is 1. The second-order valence-corrected chi connectivity index (χ2v) is 5.43. The second kappa shape index (κ2) is 5.38. The van der Waals surface area contributed by atoms with Crippen LogP contribution in [0.4, 0.5) is 5.69 Å². The van der Waals surface area contributed by atoms with E-state index < -0.39 is 35.9 Å². The number of carbonyl (C=O) groups excluding carboxylic acids is 2. The van der Waals surface area contributed by atoms with Crippen LogP contribution in [0.1, 0.15) is 17.3 Å². The summed E-state index contributed by atoms with van der Waals surface area (Å²) in [4.78, 5) is 35.5. The number of carboxylic acids is 1. The van der Waals surface area contributed by atoms with Crippen LogP contribution in [-0.4, -0.2) is 35.0 Å². The first-order chi connectivity index (χ1) is 10.5. The van der Waals surface area contributed by atoms with Gasteiger partial charge in [-0.25, -0.2) is 0 Å². The number of anilines is 1. The van der Waals surface area contributed by atoms with Crippen LogP contribution < -0.4 is 5.32 Å². The Morgan fingerprint density at radius 1 is 1.09 bits per heavy atom. The molecule has 4 atom stereocenters. The predicted octanol–water partition coefficient (Wildman–Crippen LogP) is 1.48. The number of carboxylic acid groups (broad SMARTS) is 1. The van der Waals surface area contributed by atoms with Gasteiger partial charge in [0.25, 0.3) is 0 Å². The minimum absolute atomic E-state index is 0.172. The van der Waals surface area contributed by atoms with E-state index in [2.05, 4.69) is 5.32 Å². The molecule has 1 fully saturated rings. The number of hydrogen-bond acceptors (Lipinski definition) is 4. The molecule has 2 bridgehead atoms. The number of amides is 1. The molecule has 0 radical (unpaired) electrons. The van der Waals surface area contributed by atoms with E-state index in [4.69, 9.17) is 4.74 Å². The molecule has 1 aromatic rings. The Labute approximate surface area is 126 Å². The van der Waals surface area contributed by atoms with E-state index in [0.29, 0.717) is 11.3 Å². The summed E-state index contributed by atoms with van der Waals surface area (Å²) in [6.07, 6.45) is 2.29. The average Bonchev–Trinajstić information content (AvgIpc) is 3.08. The van der Waals surface area contributed by atoms with Crippen molar-refractivity contribution in [3.8, 4) is 0 Å². The van der Waals surface area contributed by atoms with Crippen LogP contribution in [0.15, 0.2) is 36.4 Å². The highest BCUT2D eigenvalue weighted by Crippen LogP contribution is 2.40. The van der Waals surface area contributed by atoms with E-state index in [-0.39, 0.29) is 5.78 Å². The van der Waals surface area contributed by atoms with Crippen molar-refractivity contribution in [1.82, 2.24) is 0 Å². The molecule has 22 heavy (non-hydrogen) atoms. The van der Waals surface area contributed by atoms with Gasteiger partial charge in [0.2, 0.25) is 5.91 Å². The van der Waals surface area contributed by atoms with Crippen LogP contribution in [0.3, 0.4) is 0 Å². The van der Waals surface area contributed by atoms with Crippen molar-refractivity contribution in [2.24, 2.45) is 11.8 Å². The quantitative estimate of drug-likeness (QED) is 0.649. The third-order valence-corrected chi connectivity index (χ3v) is 4.05. The molecule has 2 heterocycles. The number of para-hydroxylation sites is 1. The van der Waals surface area contributed by atoms with Gasteiger partial charge >= 0.3 is 5.97 Å². The molecule has 114 valence electrons. The number of ketones is 1. The zero-order chi connectivity index (χ0) is 15.9. The van der Waals surface area contributed by atoms with Gasteiger partial charge in [0.15, 0.2) is 5.78 Å². The normalized spacial score (nSPS) is 28.6. The number of hydrogen-bond donors (Lipinski definition) is 2. The van der Waals surface area contributed by atoms with E-state index in [1.54, 1.807) is 36.4 Å². The number of Topliss-reactive ketones (excluding diaryl/α,β-unsaturated/α-hetero) is 1. The monoisotopic (exact) mass is 301 g/mol. The Bertz CT molecular complexity index is 681. The lowest BCUT2D eigenvalue weighted by atomic mass is 9.82. The lowest BCUT2D eigenvalue weighted by Crippen LogP contribution is -2.39. The average molecular weight is 301 g/mol. The van der Waals surface area contributed by atoms with Gasteiger partial charge in [-0.2, -0.15) is 0 Å². The van der Waals surface area contributed by atoms with Crippen LogP contribution in [0.2, 0.25) is 0 Å². The number of carbonyl (C=O) groups is 3. The predicted molar refractivity (Wildman–Crippen MR) is 77.5 cm³/mol. The smallest absolute Gasteiger partial charge is 0.310 e. The summed E-state index contributed by atoms with van der Waals surface area (Å²) in [5.74, 6) is -3.38. The van der Waals surface area contributed by atoms with Gasteiger partial charge in [-0.3, -0.25) is 14.4 Å². The summed E-state index contributed by atoms with van der Waals surface area (Å²) in [5.41, 5.74) is 0.776. The summed E-state index contributed by atoms with van der Waals surface area (Å²) in [5, 5.41) is 12.0. The first-order valence-electron chi connectivity index (χ1n) is 6.96. The summed E-state index contributed by atoms with van der Waals surface area (Å²) in [6, 6.07) is 6.64. The number of ether oxygens (including phenoxy) is 1. The number of rotatable bonds is 4. The van der Waals surface area contributed by atoms with Crippen LogP contribution in [0, 0.1) is 11.8 Å². The van der Waals surface area contributed by atoms with Crippen LogP contribution in [0.25, 0.3) is 0 Å². The van der Waals surface area contributed by atoms with Crippen molar-refractivity contribution in [2.75, 3.05) is 5.32 Å². The van der Waals surface area contributed by atoms with Gasteiger partial charge < -0.3 is 15.2 Å². The lowest BCUT2D eigenvalue weighted by Gasteiger charge is -2.21. The Hall–Kier alpha value is -2.47. The van der Waals surface area contributed by atoms with Crippen LogP contribution >= 0.6 is 0 Å². The van der Waals surface area contributed by atoms with Gasteiger partial charge in [0, 0.05) is 5.56 Å². The highest BCUT2D eigenvalue weighted by Gasteiger charge is 2.53. The number of nitrogens with one attached hydrogen (secondary N) is 1. The summed E-state index contributed by atoms with van der Waals surface area (Å²) >= 11 is 0. The molecule has 2 N–H and O–H groups in total. The van der Waals surface area contributed by atoms with Crippen molar-refractivity contribution in [3.63, 3.8) is 0 Å². The molecule has 1 aromatic carbocycles. The molecule has 0 saturated carbocycles. The maximum atomic E-state index is 12.5. The Morgan fingerprint density at radius 2 is 1.73 bits per heavy atom. The SMILES string of the molecule is CC(=O)c1ccccc1NC(=O)[C@@H]1[C@@H](C(=O)O)[C@H]2C=C[C@H]1O2. The Morgan fingerprint density at radius 3 is 2.36 bits per heavy atom. The summed E-state index contributed by atoms with van der Waals surface area (Å²) in [6.45, 7) is 1.41. The van der Waals surface area contributed by atoms with Gasteiger partial charge in [0.1, 0.15) is 5.92 Å². The molecule has 1 saturated heterocycles. The second-order valence-electron chi connectivity index (χ2n) is 5.43. The number of aliphatic carboxylic acids is 1. The molecule has 6 nitrogen and oxygen atoms in total. The summed E-state index contributed by atoms with van der Waals surface area (Å²) in [7, 11) is 0. The molecule has 2 aliphatic rings. The fraction of sp³-hybridized carbons (Fsp3) is 0.312. The maximum Gasteiger partial charge on any atom is 0.310 e. The highest BCUT2D eigenvalue weighted by molar-refractivity contribution is 6.05. The lowest BCUT2D eigenvalue weighted by molar-refractivity contribution is -0.145. The number of fused-ring (bicyclic) bond motifs is 2.